The number of carbonyl (C=O) groups is 2. The molecule has 3 rings (SSSR count). The van der Waals surface area contributed by atoms with Gasteiger partial charge in [-0.15, -0.1) is 0 Å². The summed E-state index contributed by atoms with van der Waals surface area (Å²) in [6, 6.07) is 7.16. The van der Waals surface area contributed by atoms with Gasteiger partial charge in [-0.05, 0) is 62.2 Å². The first-order chi connectivity index (χ1) is 15.9. The van der Waals surface area contributed by atoms with Crippen molar-refractivity contribution in [2.45, 2.75) is 43.8 Å². The van der Waals surface area contributed by atoms with Crippen LogP contribution in [0.4, 0.5) is 30.2 Å². The molecule has 34 heavy (non-hydrogen) atoms. The van der Waals surface area contributed by atoms with Gasteiger partial charge in [-0.3, -0.25) is 9.59 Å². The van der Waals surface area contributed by atoms with Crippen LogP contribution in [0.15, 0.2) is 47.4 Å². The van der Waals surface area contributed by atoms with Crippen LogP contribution in [-0.2, 0) is 25.8 Å². The van der Waals surface area contributed by atoms with Gasteiger partial charge in [0.15, 0.2) is 0 Å². The van der Waals surface area contributed by atoms with Gasteiger partial charge in [0.1, 0.15) is 0 Å². The first kappa shape index (κ1) is 25.5. The lowest BCUT2D eigenvalue weighted by molar-refractivity contribution is -0.137. The highest BCUT2D eigenvalue weighted by Crippen LogP contribution is 2.36. The normalized spacial score (nSPS) is 15.1. The standard InChI is InChI=1S/C22H25F3N4O4S/c1-14(28-34(32,33)18-8-6-17(7-9-18)26-15(2)30)21(31)27-19-13-16(22(23,24)25)5-10-20(19)29-11-3-4-12-29/h5-10,13-14,28H,3-4,11-12H2,1-2H3,(H,26,30)(H,27,31)/t14-/m0/s1. The minimum absolute atomic E-state index is 0.0348. The molecule has 1 heterocycles. The number of hydrogen-bond donors (Lipinski definition) is 3. The van der Waals surface area contributed by atoms with Crippen LogP contribution in [0.1, 0.15) is 32.3 Å². The first-order valence-corrected chi connectivity index (χ1v) is 12.0. The largest absolute Gasteiger partial charge is 0.416 e. The van der Waals surface area contributed by atoms with Gasteiger partial charge in [-0.2, -0.15) is 17.9 Å². The SMILES string of the molecule is CC(=O)Nc1ccc(S(=O)(=O)N[C@@H](C)C(=O)Nc2cc(C(F)(F)F)ccc2N2CCCC2)cc1. The third kappa shape index (κ3) is 6.26. The molecule has 1 fully saturated rings. The first-order valence-electron chi connectivity index (χ1n) is 10.5. The van der Waals surface area contributed by atoms with Crippen LogP contribution < -0.4 is 20.3 Å². The molecular weight excluding hydrogens is 473 g/mol. The quantitative estimate of drug-likeness (QED) is 0.541. The molecule has 1 aliphatic heterocycles. The molecule has 12 heteroatoms. The lowest BCUT2D eigenvalue weighted by atomic mass is 10.1. The number of hydrogen-bond acceptors (Lipinski definition) is 5. The zero-order chi connectivity index (χ0) is 25.1. The highest BCUT2D eigenvalue weighted by molar-refractivity contribution is 7.89. The van der Waals surface area contributed by atoms with Gasteiger partial charge in [0.05, 0.1) is 27.9 Å². The van der Waals surface area contributed by atoms with E-state index in [1.807, 2.05) is 4.90 Å². The second-order valence-electron chi connectivity index (χ2n) is 7.96. The van der Waals surface area contributed by atoms with Crippen LogP contribution in [0, 0.1) is 0 Å². The Balaban J connectivity index is 1.77. The van der Waals surface area contributed by atoms with Gasteiger partial charge < -0.3 is 15.5 Å². The van der Waals surface area contributed by atoms with Gasteiger partial charge in [0.2, 0.25) is 21.8 Å². The number of nitrogens with one attached hydrogen (secondary N) is 3. The molecule has 0 radical (unpaired) electrons. The van der Waals surface area contributed by atoms with E-state index in [-0.39, 0.29) is 16.5 Å². The molecule has 0 bridgehead atoms. The third-order valence-electron chi connectivity index (χ3n) is 5.24. The molecule has 184 valence electrons. The summed E-state index contributed by atoms with van der Waals surface area (Å²) in [6.45, 7) is 3.89. The number of alkyl halides is 3. The Labute approximate surface area is 195 Å². The van der Waals surface area contributed by atoms with E-state index >= 15 is 0 Å². The Kier molecular flexibility index (Phi) is 7.51. The molecular formula is C22H25F3N4O4S. The molecule has 1 saturated heterocycles. The number of rotatable bonds is 7. The average Bonchev–Trinajstić information content (AvgIpc) is 3.27. The maximum atomic E-state index is 13.2. The third-order valence-corrected chi connectivity index (χ3v) is 6.80. The van der Waals surface area contributed by atoms with E-state index in [0.717, 1.165) is 25.0 Å². The fourth-order valence-electron chi connectivity index (χ4n) is 3.56. The fourth-order valence-corrected chi connectivity index (χ4v) is 4.77. The highest BCUT2D eigenvalue weighted by atomic mass is 32.2. The minimum atomic E-state index is -4.60. The van der Waals surface area contributed by atoms with Crippen molar-refractivity contribution in [2.75, 3.05) is 28.6 Å². The number of nitrogens with zero attached hydrogens (tertiary/aromatic N) is 1. The predicted octanol–water partition coefficient (Wildman–Crippen LogP) is 3.57. The van der Waals surface area contributed by atoms with Crippen LogP contribution >= 0.6 is 0 Å². The number of benzene rings is 2. The van der Waals surface area contributed by atoms with Gasteiger partial charge >= 0.3 is 6.18 Å². The molecule has 0 aromatic heterocycles. The average molecular weight is 499 g/mol. The molecule has 0 spiro atoms. The molecule has 3 N–H and O–H groups in total. The van der Waals surface area contributed by atoms with Crippen molar-refractivity contribution in [1.29, 1.82) is 0 Å². The van der Waals surface area contributed by atoms with Crippen LogP contribution in [0.25, 0.3) is 0 Å². The predicted molar refractivity (Wildman–Crippen MR) is 122 cm³/mol. The Morgan fingerprint density at radius 1 is 1.00 bits per heavy atom. The van der Waals surface area contributed by atoms with Crippen molar-refractivity contribution in [3.05, 3.63) is 48.0 Å². The molecule has 1 aliphatic rings. The zero-order valence-corrected chi connectivity index (χ0v) is 19.4. The lowest BCUT2D eigenvalue weighted by Crippen LogP contribution is -2.41. The number of anilines is 3. The summed E-state index contributed by atoms with van der Waals surface area (Å²) in [4.78, 5) is 25.6. The molecule has 2 aromatic rings. The molecule has 2 aromatic carbocycles. The minimum Gasteiger partial charge on any atom is -0.370 e. The van der Waals surface area contributed by atoms with E-state index in [1.54, 1.807) is 0 Å². The van der Waals surface area contributed by atoms with E-state index in [2.05, 4.69) is 15.4 Å². The molecule has 0 aliphatic carbocycles. The maximum absolute atomic E-state index is 13.2. The number of carbonyl (C=O) groups excluding carboxylic acids is 2. The summed E-state index contributed by atoms with van der Waals surface area (Å²) >= 11 is 0. The van der Waals surface area contributed by atoms with Gasteiger partial charge in [-0.1, -0.05) is 0 Å². The topological polar surface area (TPSA) is 108 Å². The van der Waals surface area contributed by atoms with Gasteiger partial charge in [0, 0.05) is 25.7 Å². The Morgan fingerprint density at radius 3 is 2.18 bits per heavy atom. The molecule has 0 saturated carbocycles. The number of halogens is 3. The smallest absolute Gasteiger partial charge is 0.370 e. The number of sulfonamides is 1. The number of amides is 2. The summed E-state index contributed by atoms with van der Waals surface area (Å²) in [6.07, 6.45) is -2.84. The van der Waals surface area contributed by atoms with Crippen molar-refractivity contribution in [3.8, 4) is 0 Å². The second kappa shape index (κ2) is 10.0. The lowest BCUT2D eigenvalue weighted by Gasteiger charge is -2.24. The summed E-state index contributed by atoms with van der Waals surface area (Å²) in [5.74, 6) is -1.12. The zero-order valence-electron chi connectivity index (χ0n) is 18.6. The van der Waals surface area contributed by atoms with Crippen molar-refractivity contribution < 1.29 is 31.2 Å². The maximum Gasteiger partial charge on any atom is 0.416 e. The molecule has 1 atom stereocenters. The monoisotopic (exact) mass is 498 g/mol. The van der Waals surface area contributed by atoms with Crippen LogP contribution in [-0.4, -0.2) is 39.4 Å². The van der Waals surface area contributed by atoms with Gasteiger partial charge in [0.25, 0.3) is 0 Å². The second-order valence-corrected chi connectivity index (χ2v) is 9.68. The van der Waals surface area contributed by atoms with Gasteiger partial charge in [-0.25, -0.2) is 8.42 Å². The van der Waals surface area contributed by atoms with Crippen molar-refractivity contribution in [3.63, 3.8) is 0 Å². The van der Waals surface area contributed by atoms with Crippen molar-refractivity contribution >= 4 is 38.9 Å². The van der Waals surface area contributed by atoms with Crippen molar-refractivity contribution in [2.24, 2.45) is 0 Å². The van der Waals surface area contributed by atoms with E-state index in [9.17, 15) is 31.2 Å². The molecule has 8 nitrogen and oxygen atoms in total. The summed E-state index contributed by atoms with van der Waals surface area (Å²) in [7, 11) is -4.11. The summed E-state index contributed by atoms with van der Waals surface area (Å²) in [5, 5.41) is 4.96. The summed E-state index contributed by atoms with van der Waals surface area (Å²) < 4.78 is 67.3. The van der Waals surface area contributed by atoms with Crippen LogP contribution in [0.3, 0.4) is 0 Å². The van der Waals surface area contributed by atoms with E-state index in [1.165, 1.54) is 44.2 Å². The van der Waals surface area contributed by atoms with E-state index < -0.39 is 33.7 Å². The van der Waals surface area contributed by atoms with E-state index in [4.69, 9.17) is 0 Å². The summed E-state index contributed by atoms with van der Waals surface area (Å²) in [5.41, 5.74) is -0.107. The Morgan fingerprint density at radius 2 is 1.62 bits per heavy atom. The van der Waals surface area contributed by atoms with Crippen molar-refractivity contribution in [1.82, 2.24) is 4.72 Å². The molecule has 0 unspecified atom stereocenters. The Bertz CT molecular complexity index is 1160. The van der Waals surface area contributed by atoms with Crippen LogP contribution in [0.5, 0.6) is 0 Å². The highest BCUT2D eigenvalue weighted by Gasteiger charge is 2.32. The fraction of sp³-hybridized carbons (Fsp3) is 0.364. The molecule has 2 amide bonds. The Hall–Kier alpha value is -3.12. The van der Waals surface area contributed by atoms with Crippen LogP contribution in [0.2, 0.25) is 0 Å². The van der Waals surface area contributed by atoms with E-state index in [0.29, 0.717) is 24.5 Å².